The van der Waals surface area contributed by atoms with Crippen LogP contribution in [0.25, 0.3) is 11.0 Å². The van der Waals surface area contributed by atoms with E-state index in [1.54, 1.807) is 33.0 Å². The average Bonchev–Trinajstić information content (AvgIpc) is 3.07. The minimum Gasteiger partial charge on any atom is -0.335 e. The average molecular weight is 327 g/mol. The summed E-state index contributed by atoms with van der Waals surface area (Å²) in [6, 6.07) is 1.66. The molecule has 3 N–H and O–H groups in total. The molecule has 0 aromatic carbocycles. The molecule has 3 aromatic rings. The molecule has 1 aliphatic heterocycles. The van der Waals surface area contributed by atoms with E-state index in [1.165, 1.54) is 10.9 Å². The molecule has 3 aromatic heterocycles. The zero-order valence-electron chi connectivity index (χ0n) is 13.3. The lowest BCUT2D eigenvalue weighted by Crippen LogP contribution is -2.42. The van der Waals surface area contributed by atoms with Crippen LogP contribution in [-0.4, -0.2) is 30.6 Å². The highest BCUT2D eigenvalue weighted by Gasteiger charge is 2.37. The molecule has 24 heavy (non-hydrogen) atoms. The highest BCUT2D eigenvalue weighted by Crippen LogP contribution is 2.26. The second-order valence-corrected chi connectivity index (χ2v) is 6.22. The maximum absolute atomic E-state index is 12.9. The number of aromatic nitrogens is 5. The summed E-state index contributed by atoms with van der Waals surface area (Å²) in [5.74, 6) is 0.223. The summed E-state index contributed by atoms with van der Waals surface area (Å²) in [5, 5.41) is 13.2. The van der Waals surface area contributed by atoms with Gasteiger partial charge >= 0.3 is 0 Å². The number of hydrogen-bond donors (Lipinski definition) is 3. The topological polar surface area (TPSA) is 118 Å². The van der Waals surface area contributed by atoms with Crippen molar-refractivity contribution in [2.45, 2.75) is 26.4 Å². The van der Waals surface area contributed by atoms with Gasteiger partial charge in [-0.1, -0.05) is 0 Å². The summed E-state index contributed by atoms with van der Waals surface area (Å²) in [6.45, 7) is 5.36. The number of amides is 1. The number of fused-ring (bicyclic) bond motifs is 2. The molecule has 0 atom stereocenters. The Labute approximate surface area is 137 Å². The first-order valence-electron chi connectivity index (χ1n) is 7.39. The molecule has 4 heterocycles. The number of carbonyl (C=O) groups excluding carboxylic acids is 1. The van der Waals surface area contributed by atoms with Gasteiger partial charge in [-0.2, -0.15) is 5.10 Å². The quantitative estimate of drug-likeness (QED) is 0.652. The van der Waals surface area contributed by atoms with E-state index in [0.717, 1.165) is 0 Å². The third-order valence-corrected chi connectivity index (χ3v) is 4.09. The van der Waals surface area contributed by atoms with Crippen molar-refractivity contribution in [2.75, 3.05) is 5.32 Å². The van der Waals surface area contributed by atoms with E-state index < -0.39 is 5.66 Å². The summed E-state index contributed by atoms with van der Waals surface area (Å²) in [6.07, 6.45) is 2.97. The Bertz CT molecular complexity index is 1050. The molecule has 0 spiro atoms. The van der Waals surface area contributed by atoms with Crippen molar-refractivity contribution < 1.29 is 6.22 Å². The summed E-state index contributed by atoms with van der Waals surface area (Å²) in [7, 11) is 0. The zero-order valence-corrected chi connectivity index (χ0v) is 13.3. The van der Waals surface area contributed by atoms with E-state index in [0.29, 0.717) is 33.8 Å². The van der Waals surface area contributed by atoms with E-state index in [9.17, 15) is 9.59 Å². The Morgan fingerprint density at radius 3 is 2.88 bits per heavy atom. The Morgan fingerprint density at radius 2 is 2.08 bits per heavy atom. The van der Waals surface area contributed by atoms with Gasteiger partial charge in [-0.3, -0.25) is 19.3 Å². The number of aromatic amines is 1. The van der Waals surface area contributed by atoms with Gasteiger partial charge in [0.2, 0.25) is 0 Å². The first-order valence-corrected chi connectivity index (χ1v) is 7.39. The minimum absolute atomic E-state index is 0. The van der Waals surface area contributed by atoms with E-state index in [-0.39, 0.29) is 12.9 Å². The molecular weight excluding hydrogens is 310 g/mol. The number of carbonyl (C=O) groups is 1. The minimum atomic E-state index is -0.789. The van der Waals surface area contributed by atoms with Crippen LogP contribution in [-0.2, 0) is 5.66 Å². The Hall–Kier alpha value is -3.23. The van der Waals surface area contributed by atoms with Crippen LogP contribution < -0.4 is 16.2 Å². The number of anilines is 2. The van der Waals surface area contributed by atoms with Gasteiger partial charge in [0.25, 0.3) is 11.5 Å². The zero-order chi connectivity index (χ0) is 17.1. The number of aryl methyl sites for hydroxylation is 1. The molecule has 0 fully saturated rings. The third kappa shape index (κ3) is 1.91. The Balaban J connectivity index is 0.00000182. The van der Waals surface area contributed by atoms with Gasteiger partial charge in [-0.25, -0.2) is 9.97 Å². The maximum atomic E-state index is 12.9. The van der Waals surface area contributed by atoms with Crippen LogP contribution in [0.1, 0.15) is 31.3 Å². The Kier molecular flexibility index (Phi) is 2.77. The number of rotatable bonds is 2. The van der Waals surface area contributed by atoms with Crippen molar-refractivity contribution in [3.8, 4) is 0 Å². The van der Waals surface area contributed by atoms with Crippen molar-refractivity contribution >= 4 is 28.4 Å². The van der Waals surface area contributed by atoms with E-state index >= 15 is 0 Å². The molecule has 0 bridgehead atoms. The maximum Gasteiger partial charge on any atom is 0.276 e. The molecule has 0 saturated heterocycles. The fourth-order valence-electron chi connectivity index (χ4n) is 3.03. The molecular formula is C15H17N7O2. The highest BCUT2D eigenvalue weighted by atomic mass is 16.2. The SMILES string of the molecule is Cc1cc(Nc2ncnc3[nH]ncc23)c(=O)n2c1C(=O)NC2(C)C.[HH]. The summed E-state index contributed by atoms with van der Waals surface area (Å²) >= 11 is 0. The lowest BCUT2D eigenvalue weighted by Gasteiger charge is -2.22. The van der Waals surface area contributed by atoms with Crippen molar-refractivity contribution in [3.63, 3.8) is 0 Å². The van der Waals surface area contributed by atoms with Crippen molar-refractivity contribution in [1.82, 2.24) is 30.0 Å². The monoisotopic (exact) mass is 327 g/mol. The van der Waals surface area contributed by atoms with Crippen molar-refractivity contribution in [1.29, 1.82) is 0 Å². The summed E-state index contributed by atoms with van der Waals surface area (Å²) in [5.41, 5.74) is 0.908. The standard InChI is InChI=1S/C15H15N7O2.H2/c1-7-4-9(14(24)22-10(7)13(23)20-15(22,2)3)19-11-8-5-18-21-12(8)17-6-16-11;/h4-6H,1-3H3,(H,20,23)(H2,16,17,18,19,21);1H. The second kappa shape index (κ2) is 4.63. The van der Waals surface area contributed by atoms with Crippen LogP contribution in [0, 0.1) is 6.92 Å². The highest BCUT2D eigenvalue weighted by molar-refractivity contribution is 5.97. The number of H-pyrrole nitrogens is 1. The molecule has 9 heteroatoms. The molecule has 0 unspecified atom stereocenters. The van der Waals surface area contributed by atoms with Crippen molar-refractivity contribution in [3.05, 3.63) is 40.2 Å². The Morgan fingerprint density at radius 1 is 1.29 bits per heavy atom. The van der Waals surface area contributed by atoms with Gasteiger partial charge in [0.1, 0.15) is 29.2 Å². The number of nitrogens with zero attached hydrogens (tertiary/aromatic N) is 4. The van der Waals surface area contributed by atoms with E-state index in [4.69, 9.17) is 0 Å². The fourth-order valence-corrected chi connectivity index (χ4v) is 3.03. The van der Waals surface area contributed by atoms with Crippen LogP contribution in [0.5, 0.6) is 0 Å². The smallest absolute Gasteiger partial charge is 0.276 e. The van der Waals surface area contributed by atoms with Gasteiger partial charge in [0.05, 0.1) is 11.6 Å². The van der Waals surface area contributed by atoms with Crippen LogP contribution in [0.4, 0.5) is 11.5 Å². The number of pyridine rings is 1. The molecule has 9 nitrogen and oxygen atoms in total. The second-order valence-electron chi connectivity index (χ2n) is 6.22. The lowest BCUT2D eigenvalue weighted by atomic mass is 10.1. The molecule has 0 aliphatic carbocycles. The fraction of sp³-hybridized carbons (Fsp3) is 0.267. The first kappa shape index (κ1) is 14.4. The largest absolute Gasteiger partial charge is 0.335 e. The van der Waals surface area contributed by atoms with E-state index in [1.807, 2.05) is 0 Å². The third-order valence-electron chi connectivity index (χ3n) is 4.09. The summed E-state index contributed by atoms with van der Waals surface area (Å²) < 4.78 is 1.47. The van der Waals surface area contributed by atoms with Gasteiger partial charge in [0.15, 0.2) is 5.65 Å². The van der Waals surface area contributed by atoms with Gasteiger partial charge < -0.3 is 10.6 Å². The van der Waals surface area contributed by atoms with Crippen LogP contribution in [0.2, 0.25) is 0 Å². The van der Waals surface area contributed by atoms with Crippen LogP contribution in [0.15, 0.2) is 23.4 Å². The van der Waals surface area contributed by atoms with Crippen molar-refractivity contribution in [2.24, 2.45) is 0 Å². The number of nitrogens with one attached hydrogen (secondary N) is 3. The van der Waals surface area contributed by atoms with Crippen LogP contribution >= 0.6 is 0 Å². The molecule has 124 valence electrons. The molecule has 1 amide bonds. The van der Waals surface area contributed by atoms with Gasteiger partial charge in [-0.05, 0) is 32.4 Å². The number of hydrogen-bond acceptors (Lipinski definition) is 6. The van der Waals surface area contributed by atoms with Gasteiger partial charge in [0, 0.05) is 1.43 Å². The predicted octanol–water partition coefficient (Wildman–Crippen LogP) is 1.25. The summed E-state index contributed by atoms with van der Waals surface area (Å²) in [4.78, 5) is 33.3. The molecule has 1 aliphatic rings. The van der Waals surface area contributed by atoms with Crippen LogP contribution in [0.3, 0.4) is 0 Å². The molecule has 0 radical (unpaired) electrons. The van der Waals surface area contributed by atoms with Gasteiger partial charge in [-0.15, -0.1) is 0 Å². The predicted molar refractivity (Wildman–Crippen MR) is 89.3 cm³/mol. The first-order chi connectivity index (χ1) is 11.4. The van der Waals surface area contributed by atoms with E-state index in [2.05, 4.69) is 30.8 Å². The lowest BCUT2D eigenvalue weighted by molar-refractivity contribution is 0.0934. The molecule has 4 rings (SSSR count). The normalized spacial score (nSPS) is 15.4. The molecule has 0 saturated carbocycles.